The van der Waals surface area contributed by atoms with E-state index < -0.39 is 0 Å². The Morgan fingerprint density at radius 1 is 1.44 bits per heavy atom. The molecule has 0 aliphatic heterocycles. The standard InChI is InChI=1S/C12H18N2OS/c1-9(8-15-2)7-14-11-5-3-10(4-6-11)12(13)16/h3-6,9,14H,7-8H2,1-2H3,(H2,13,16). The van der Waals surface area contributed by atoms with Crippen LogP contribution in [0.5, 0.6) is 0 Å². The number of thiocarbonyl (C=S) groups is 1. The fourth-order valence-electron chi connectivity index (χ4n) is 1.39. The van der Waals surface area contributed by atoms with Crippen LogP contribution in [0.25, 0.3) is 0 Å². The summed E-state index contributed by atoms with van der Waals surface area (Å²) in [6.45, 7) is 3.79. The highest BCUT2D eigenvalue weighted by molar-refractivity contribution is 7.80. The summed E-state index contributed by atoms with van der Waals surface area (Å²) in [4.78, 5) is 0.430. The van der Waals surface area contributed by atoms with Gasteiger partial charge < -0.3 is 15.8 Å². The molecule has 0 amide bonds. The number of nitrogens with two attached hydrogens (primary N) is 1. The normalized spacial score (nSPS) is 12.1. The molecular weight excluding hydrogens is 220 g/mol. The highest BCUT2D eigenvalue weighted by Crippen LogP contribution is 2.10. The molecule has 0 aliphatic rings. The number of hydrogen-bond donors (Lipinski definition) is 2. The Morgan fingerprint density at radius 2 is 2.06 bits per heavy atom. The number of benzene rings is 1. The largest absolute Gasteiger partial charge is 0.389 e. The third-order valence-electron chi connectivity index (χ3n) is 2.28. The molecule has 0 saturated heterocycles. The third-order valence-corrected chi connectivity index (χ3v) is 2.51. The van der Waals surface area contributed by atoms with Gasteiger partial charge in [0.25, 0.3) is 0 Å². The molecule has 0 saturated carbocycles. The Hall–Kier alpha value is -1.13. The van der Waals surface area contributed by atoms with E-state index in [1.54, 1.807) is 7.11 Å². The zero-order valence-corrected chi connectivity index (χ0v) is 10.5. The van der Waals surface area contributed by atoms with Crippen LogP contribution in [-0.4, -0.2) is 25.2 Å². The van der Waals surface area contributed by atoms with E-state index in [2.05, 4.69) is 12.2 Å². The quantitative estimate of drug-likeness (QED) is 0.744. The van der Waals surface area contributed by atoms with Gasteiger partial charge in [-0.15, -0.1) is 0 Å². The molecule has 4 heteroatoms. The van der Waals surface area contributed by atoms with Crippen LogP contribution in [0.1, 0.15) is 12.5 Å². The monoisotopic (exact) mass is 238 g/mol. The molecule has 1 rings (SSSR count). The van der Waals surface area contributed by atoms with Gasteiger partial charge in [-0.1, -0.05) is 19.1 Å². The second-order valence-electron chi connectivity index (χ2n) is 3.88. The minimum absolute atomic E-state index is 0.430. The molecule has 0 aliphatic carbocycles. The minimum atomic E-state index is 0.430. The molecule has 1 unspecified atom stereocenters. The molecule has 88 valence electrons. The van der Waals surface area contributed by atoms with Gasteiger partial charge in [0.1, 0.15) is 4.99 Å². The summed E-state index contributed by atoms with van der Waals surface area (Å²) < 4.78 is 5.07. The van der Waals surface area contributed by atoms with Gasteiger partial charge in [0, 0.05) is 24.9 Å². The van der Waals surface area contributed by atoms with Crippen LogP contribution in [0.15, 0.2) is 24.3 Å². The molecule has 0 aromatic heterocycles. The summed E-state index contributed by atoms with van der Waals surface area (Å²) in [6.07, 6.45) is 0. The molecule has 3 N–H and O–H groups in total. The van der Waals surface area contributed by atoms with Gasteiger partial charge in [0.15, 0.2) is 0 Å². The van der Waals surface area contributed by atoms with Crippen LogP contribution >= 0.6 is 12.2 Å². The summed E-state index contributed by atoms with van der Waals surface area (Å²) in [5, 5.41) is 3.33. The second-order valence-corrected chi connectivity index (χ2v) is 4.32. The zero-order valence-electron chi connectivity index (χ0n) is 9.69. The van der Waals surface area contributed by atoms with Crippen molar-refractivity contribution in [2.24, 2.45) is 11.7 Å². The van der Waals surface area contributed by atoms with Crippen LogP contribution in [0, 0.1) is 5.92 Å². The third kappa shape index (κ3) is 4.16. The minimum Gasteiger partial charge on any atom is -0.389 e. The van der Waals surface area contributed by atoms with Crippen molar-refractivity contribution in [1.29, 1.82) is 0 Å². The molecule has 3 nitrogen and oxygen atoms in total. The number of hydrogen-bond acceptors (Lipinski definition) is 3. The Morgan fingerprint density at radius 3 is 2.56 bits per heavy atom. The maximum absolute atomic E-state index is 5.52. The summed E-state index contributed by atoms with van der Waals surface area (Å²) in [5.41, 5.74) is 7.49. The Bertz CT molecular complexity index is 337. The van der Waals surface area contributed by atoms with Crippen LogP contribution in [0.4, 0.5) is 5.69 Å². The summed E-state index contributed by atoms with van der Waals surface area (Å²) in [7, 11) is 1.72. The van der Waals surface area contributed by atoms with Crippen molar-refractivity contribution in [1.82, 2.24) is 0 Å². The second kappa shape index (κ2) is 6.45. The maximum Gasteiger partial charge on any atom is 0.103 e. The average Bonchev–Trinajstić information content (AvgIpc) is 2.27. The molecule has 1 aromatic carbocycles. The summed E-state index contributed by atoms with van der Waals surface area (Å²) in [5.74, 6) is 0.486. The van der Waals surface area contributed by atoms with Gasteiger partial charge in [-0.2, -0.15) is 0 Å². The first-order chi connectivity index (χ1) is 7.63. The lowest BCUT2D eigenvalue weighted by Crippen LogP contribution is -2.16. The molecule has 16 heavy (non-hydrogen) atoms. The molecule has 0 spiro atoms. The summed E-state index contributed by atoms with van der Waals surface area (Å²) in [6, 6.07) is 7.80. The topological polar surface area (TPSA) is 47.3 Å². The van der Waals surface area contributed by atoms with Crippen molar-refractivity contribution in [2.75, 3.05) is 25.6 Å². The van der Waals surface area contributed by atoms with Crippen molar-refractivity contribution in [2.45, 2.75) is 6.92 Å². The Balaban J connectivity index is 2.46. The van der Waals surface area contributed by atoms with Crippen molar-refractivity contribution < 1.29 is 4.74 Å². The Kier molecular flexibility index (Phi) is 5.22. The first kappa shape index (κ1) is 12.9. The lowest BCUT2D eigenvalue weighted by Gasteiger charge is -2.12. The highest BCUT2D eigenvalue weighted by Gasteiger charge is 2.01. The van der Waals surface area contributed by atoms with Gasteiger partial charge in [0.2, 0.25) is 0 Å². The smallest absolute Gasteiger partial charge is 0.103 e. The van der Waals surface area contributed by atoms with Crippen molar-refractivity contribution in [3.63, 3.8) is 0 Å². The average molecular weight is 238 g/mol. The van der Waals surface area contributed by atoms with E-state index in [4.69, 9.17) is 22.7 Å². The maximum atomic E-state index is 5.52. The van der Waals surface area contributed by atoms with Crippen LogP contribution in [-0.2, 0) is 4.74 Å². The van der Waals surface area contributed by atoms with Gasteiger partial charge in [-0.05, 0) is 30.2 Å². The first-order valence-electron chi connectivity index (χ1n) is 5.26. The molecule has 0 radical (unpaired) electrons. The number of ether oxygens (including phenoxy) is 1. The summed E-state index contributed by atoms with van der Waals surface area (Å²) >= 11 is 4.89. The van der Waals surface area contributed by atoms with Gasteiger partial charge in [-0.25, -0.2) is 0 Å². The lowest BCUT2D eigenvalue weighted by molar-refractivity contribution is 0.164. The van der Waals surface area contributed by atoms with Crippen molar-refractivity contribution in [3.05, 3.63) is 29.8 Å². The van der Waals surface area contributed by atoms with Crippen molar-refractivity contribution >= 4 is 22.9 Å². The molecule has 0 bridgehead atoms. The SMILES string of the molecule is COCC(C)CNc1ccc(C(N)=S)cc1. The molecule has 1 aromatic rings. The highest BCUT2D eigenvalue weighted by atomic mass is 32.1. The van der Waals surface area contributed by atoms with Gasteiger partial charge in [0.05, 0.1) is 6.61 Å². The van der Waals surface area contributed by atoms with Crippen LogP contribution in [0.3, 0.4) is 0 Å². The zero-order chi connectivity index (χ0) is 12.0. The van der Waals surface area contributed by atoms with E-state index >= 15 is 0 Å². The molecular formula is C12H18N2OS. The van der Waals surface area contributed by atoms with Gasteiger partial charge >= 0.3 is 0 Å². The fourth-order valence-corrected chi connectivity index (χ4v) is 1.52. The van der Waals surface area contributed by atoms with E-state index in [1.807, 2.05) is 24.3 Å². The van der Waals surface area contributed by atoms with E-state index in [-0.39, 0.29) is 0 Å². The first-order valence-corrected chi connectivity index (χ1v) is 5.67. The van der Waals surface area contributed by atoms with Crippen LogP contribution < -0.4 is 11.1 Å². The Labute approximate surface area is 102 Å². The number of anilines is 1. The van der Waals surface area contributed by atoms with E-state index in [9.17, 15) is 0 Å². The predicted molar refractivity (Wildman–Crippen MR) is 71.9 cm³/mol. The van der Waals surface area contributed by atoms with E-state index in [1.165, 1.54) is 0 Å². The predicted octanol–water partition coefficient (Wildman–Crippen LogP) is 2.02. The number of nitrogens with one attached hydrogen (secondary N) is 1. The fraction of sp³-hybridized carbons (Fsp3) is 0.417. The van der Waals surface area contributed by atoms with Crippen LogP contribution in [0.2, 0.25) is 0 Å². The van der Waals surface area contributed by atoms with E-state index in [0.29, 0.717) is 10.9 Å². The molecule has 0 heterocycles. The molecule has 1 atom stereocenters. The van der Waals surface area contributed by atoms with Crippen molar-refractivity contribution in [3.8, 4) is 0 Å². The van der Waals surface area contributed by atoms with E-state index in [0.717, 1.165) is 24.4 Å². The number of rotatable bonds is 6. The lowest BCUT2D eigenvalue weighted by atomic mass is 10.1. The molecule has 0 fully saturated rings. The number of methoxy groups -OCH3 is 1. The van der Waals surface area contributed by atoms with Gasteiger partial charge in [-0.3, -0.25) is 0 Å².